The Morgan fingerprint density at radius 3 is 2.28 bits per heavy atom. The molecule has 3 heterocycles. The summed E-state index contributed by atoms with van der Waals surface area (Å²) in [5, 5.41) is 4.72. The van der Waals surface area contributed by atoms with Crippen LogP contribution in [0.4, 0.5) is 0 Å². The van der Waals surface area contributed by atoms with E-state index in [0.29, 0.717) is 0 Å². The third kappa shape index (κ3) is 4.75. The minimum absolute atomic E-state index is 0.175. The first-order valence-electron chi connectivity index (χ1n) is 20.1. The minimum atomic E-state index is 0.175. The van der Waals surface area contributed by atoms with Gasteiger partial charge in [-0.15, -0.1) is 0 Å². The molecular formula is C54H38N2O. The summed E-state index contributed by atoms with van der Waals surface area (Å²) in [5.74, 6) is 0.595. The van der Waals surface area contributed by atoms with Gasteiger partial charge in [-0.05, 0) is 58.0 Å². The molecule has 0 bridgehead atoms. The Balaban J connectivity index is 1.14. The number of aromatic nitrogens is 1. The molecule has 0 amide bonds. The van der Waals surface area contributed by atoms with E-state index in [1.54, 1.807) is 0 Å². The van der Waals surface area contributed by atoms with Gasteiger partial charge in [-0.3, -0.25) is 4.99 Å². The third-order valence-corrected chi connectivity index (χ3v) is 12.8. The number of aliphatic imine (C=N–C) groups is 1. The second-order valence-corrected chi connectivity index (χ2v) is 15.8. The first-order chi connectivity index (χ1) is 28.2. The largest absolute Gasteiger partial charge is 0.454 e. The molecule has 12 rings (SSSR count). The SMILES string of the molecule is C[C@@H]1C(c2cccc3oc4c(-n5c6ccccc6c6ccc7c(c65)[C@H](c5ccccc5)Cc5ccccc5-7)cccc4c23)=NC(c2ccccc2)=C2C=CC=CC21. The van der Waals surface area contributed by atoms with E-state index in [9.17, 15) is 0 Å². The fraction of sp³-hybridized carbons (Fsp3) is 0.0926. The van der Waals surface area contributed by atoms with Crippen molar-refractivity contribution in [1.82, 2.24) is 4.57 Å². The molecular weight excluding hydrogens is 693 g/mol. The Kier molecular flexibility index (Phi) is 7.10. The van der Waals surface area contributed by atoms with E-state index in [0.717, 1.165) is 56.6 Å². The zero-order chi connectivity index (χ0) is 37.6. The van der Waals surface area contributed by atoms with Crippen LogP contribution < -0.4 is 0 Å². The van der Waals surface area contributed by atoms with Crippen molar-refractivity contribution in [2.24, 2.45) is 16.8 Å². The molecule has 2 aliphatic carbocycles. The second kappa shape index (κ2) is 12.5. The molecule has 9 aromatic rings. The lowest BCUT2D eigenvalue weighted by molar-refractivity contribution is 0.617. The molecule has 3 atom stereocenters. The van der Waals surface area contributed by atoms with Crippen LogP contribution >= 0.6 is 0 Å². The van der Waals surface area contributed by atoms with Gasteiger partial charge in [0.2, 0.25) is 0 Å². The molecule has 0 saturated carbocycles. The summed E-state index contributed by atoms with van der Waals surface area (Å²) in [5.41, 5.74) is 17.6. The number of benzene rings is 7. The van der Waals surface area contributed by atoms with Gasteiger partial charge in [0.05, 0.1) is 28.1 Å². The highest BCUT2D eigenvalue weighted by Crippen LogP contribution is 2.50. The molecule has 1 unspecified atom stereocenters. The van der Waals surface area contributed by atoms with Gasteiger partial charge >= 0.3 is 0 Å². The van der Waals surface area contributed by atoms with Crippen LogP contribution in [-0.4, -0.2) is 10.3 Å². The number of nitrogens with zero attached hydrogens (tertiary/aromatic N) is 2. The van der Waals surface area contributed by atoms with Crippen LogP contribution in [0.25, 0.3) is 66.3 Å². The van der Waals surface area contributed by atoms with E-state index in [4.69, 9.17) is 9.41 Å². The number of allylic oxidation sites excluding steroid dienone is 5. The van der Waals surface area contributed by atoms with Crippen molar-refractivity contribution < 1.29 is 4.42 Å². The van der Waals surface area contributed by atoms with Gasteiger partial charge in [-0.2, -0.15) is 0 Å². The quantitative estimate of drug-likeness (QED) is 0.177. The zero-order valence-corrected chi connectivity index (χ0v) is 31.6. The summed E-state index contributed by atoms with van der Waals surface area (Å²) in [6.45, 7) is 2.32. The predicted octanol–water partition coefficient (Wildman–Crippen LogP) is 13.6. The second-order valence-electron chi connectivity index (χ2n) is 15.8. The maximum Gasteiger partial charge on any atom is 0.159 e. The van der Waals surface area contributed by atoms with E-state index in [1.165, 1.54) is 55.2 Å². The smallest absolute Gasteiger partial charge is 0.159 e. The van der Waals surface area contributed by atoms with E-state index < -0.39 is 0 Å². The van der Waals surface area contributed by atoms with E-state index in [1.807, 2.05) is 0 Å². The van der Waals surface area contributed by atoms with Crippen LogP contribution in [0.5, 0.6) is 0 Å². The molecule has 0 N–H and O–H groups in total. The van der Waals surface area contributed by atoms with Crippen LogP contribution in [0.2, 0.25) is 0 Å². The molecule has 3 heteroatoms. The van der Waals surface area contributed by atoms with Gasteiger partial charge in [-0.1, -0.05) is 171 Å². The Bertz CT molecular complexity index is 3230. The molecule has 3 aliphatic rings. The number of rotatable bonds is 4. The molecule has 1 aliphatic heterocycles. The lowest BCUT2D eigenvalue weighted by Gasteiger charge is -2.32. The summed E-state index contributed by atoms with van der Waals surface area (Å²) in [7, 11) is 0. The Morgan fingerprint density at radius 1 is 0.632 bits per heavy atom. The highest BCUT2D eigenvalue weighted by atomic mass is 16.3. The Hall–Kier alpha value is -6.97. The van der Waals surface area contributed by atoms with Gasteiger partial charge in [0.25, 0.3) is 0 Å². The molecule has 7 aromatic carbocycles. The molecule has 0 spiro atoms. The lowest BCUT2D eigenvalue weighted by Crippen LogP contribution is -2.27. The van der Waals surface area contributed by atoms with Crippen LogP contribution in [0.15, 0.2) is 197 Å². The van der Waals surface area contributed by atoms with Crippen molar-refractivity contribution in [3.05, 3.63) is 215 Å². The number of hydrogen-bond donors (Lipinski definition) is 0. The number of furan rings is 1. The van der Waals surface area contributed by atoms with E-state index in [2.05, 4.69) is 194 Å². The van der Waals surface area contributed by atoms with Crippen molar-refractivity contribution in [3.63, 3.8) is 0 Å². The van der Waals surface area contributed by atoms with Crippen molar-refractivity contribution in [3.8, 4) is 16.8 Å². The molecule has 0 saturated heterocycles. The highest BCUT2D eigenvalue weighted by Gasteiger charge is 2.34. The maximum atomic E-state index is 7.09. The van der Waals surface area contributed by atoms with Gasteiger partial charge in [-0.25, -0.2) is 0 Å². The topological polar surface area (TPSA) is 30.4 Å². The fourth-order valence-electron chi connectivity index (χ4n) is 10.2. The normalized spacial score (nSPS) is 18.6. The summed E-state index contributed by atoms with van der Waals surface area (Å²) in [6.07, 6.45) is 9.85. The number of fused-ring (bicyclic) bond motifs is 11. The molecule has 3 nitrogen and oxygen atoms in total. The van der Waals surface area contributed by atoms with Crippen LogP contribution in [0, 0.1) is 11.8 Å². The van der Waals surface area contributed by atoms with E-state index in [-0.39, 0.29) is 17.8 Å². The predicted molar refractivity (Wildman–Crippen MR) is 236 cm³/mol. The van der Waals surface area contributed by atoms with Gasteiger partial charge in [0.1, 0.15) is 5.58 Å². The van der Waals surface area contributed by atoms with Crippen LogP contribution in [0.1, 0.15) is 40.7 Å². The standard InChI is InChI=1S/C54H38N2O/c1-33-37-21-10-11-24-41(37)52(35-18-6-3-7-19-35)55-51(33)43-25-15-29-48-49(43)44-26-14-28-47(54(44)57-48)56-46-27-13-12-23-39(46)42-31-30-40-38-22-9-8-20-36(38)32-45(50(40)53(42)56)34-16-4-2-5-17-34/h2-31,33,37,45H,32H2,1H3/t33-,37?,45-/m0/s1. The van der Waals surface area contributed by atoms with Gasteiger partial charge < -0.3 is 8.98 Å². The van der Waals surface area contributed by atoms with Crippen molar-refractivity contribution in [2.75, 3.05) is 0 Å². The molecule has 2 aromatic heterocycles. The van der Waals surface area contributed by atoms with E-state index >= 15 is 0 Å². The zero-order valence-electron chi connectivity index (χ0n) is 31.6. The maximum absolute atomic E-state index is 7.09. The van der Waals surface area contributed by atoms with Gasteiger partial charge in [0, 0.05) is 50.4 Å². The summed E-state index contributed by atoms with van der Waals surface area (Å²) in [4.78, 5) is 5.55. The average Bonchev–Trinajstić information content (AvgIpc) is 3.83. The van der Waals surface area contributed by atoms with Crippen molar-refractivity contribution in [2.45, 2.75) is 19.3 Å². The highest BCUT2D eigenvalue weighted by molar-refractivity contribution is 6.22. The molecule has 0 radical (unpaired) electrons. The minimum Gasteiger partial charge on any atom is -0.454 e. The summed E-state index contributed by atoms with van der Waals surface area (Å²) >= 11 is 0. The first-order valence-corrected chi connectivity index (χ1v) is 20.1. The monoisotopic (exact) mass is 730 g/mol. The van der Waals surface area contributed by atoms with Crippen molar-refractivity contribution >= 4 is 55.2 Å². The molecule has 270 valence electrons. The van der Waals surface area contributed by atoms with Crippen LogP contribution in [-0.2, 0) is 6.42 Å². The third-order valence-electron chi connectivity index (χ3n) is 12.8. The number of hydrogen-bond acceptors (Lipinski definition) is 2. The lowest BCUT2D eigenvalue weighted by atomic mass is 9.75. The first kappa shape index (κ1) is 32.3. The Morgan fingerprint density at radius 2 is 1.39 bits per heavy atom. The summed E-state index contributed by atoms with van der Waals surface area (Å²) < 4.78 is 9.59. The summed E-state index contributed by atoms with van der Waals surface area (Å²) in [6, 6.07) is 57.4. The number of para-hydroxylation sites is 2. The molecule has 0 fully saturated rings. The Labute approximate surface area is 331 Å². The average molecular weight is 731 g/mol. The van der Waals surface area contributed by atoms with Gasteiger partial charge in [0.15, 0.2) is 5.58 Å². The molecule has 57 heavy (non-hydrogen) atoms. The van der Waals surface area contributed by atoms with Crippen LogP contribution in [0.3, 0.4) is 0 Å². The van der Waals surface area contributed by atoms with Crippen molar-refractivity contribution in [1.29, 1.82) is 0 Å². The fourth-order valence-corrected chi connectivity index (χ4v) is 10.2.